The molecule has 1 aliphatic rings. The number of aromatic nitrogens is 2. The summed E-state index contributed by atoms with van der Waals surface area (Å²) in [5.74, 6) is -0.0762. The number of carboxylic acids is 1. The molecule has 4 rings (SSSR count). The molecule has 0 saturated carbocycles. The van der Waals surface area contributed by atoms with Crippen LogP contribution in [0.4, 0.5) is 5.69 Å². The highest BCUT2D eigenvalue weighted by molar-refractivity contribution is 6.04. The van der Waals surface area contributed by atoms with Crippen molar-refractivity contribution >= 4 is 22.6 Å². The number of anilines is 1. The molecule has 0 bridgehead atoms. The Morgan fingerprint density at radius 1 is 1.18 bits per heavy atom. The van der Waals surface area contributed by atoms with E-state index in [-0.39, 0.29) is 5.56 Å². The van der Waals surface area contributed by atoms with Gasteiger partial charge in [-0.05, 0) is 32.9 Å². The van der Waals surface area contributed by atoms with Gasteiger partial charge in [-0.2, -0.15) is 0 Å². The van der Waals surface area contributed by atoms with Gasteiger partial charge in [0.05, 0.1) is 16.9 Å². The predicted octanol–water partition coefficient (Wildman–Crippen LogP) is 3.17. The van der Waals surface area contributed by atoms with Crippen molar-refractivity contribution in [3.63, 3.8) is 0 Å². The third kappa shape index (κ3) is 3.33. The fourth-order valence-corrected chi connectivity index (χ4v) is 3.87. The van der Waals surface area contributed by atoms with Crippen molar-refractivity contribution in [2.45, 2.75) is 27.3 Å². The molecule has 0 radical (unpaired) electrons. The van der Waals surface area contributed by atoms with Gasteiger partial charge in [-0.15, -0.1) is 0 Å². The van der Waals surface area contributed by atoms with E-state index in [4.69, 9.17) is 4.52 Å². The molecule has 1 saturated heterocycles. The third-order valence-electron chi connectivity index (χ3n) is 5.48. The summed E-state index contributed by atoms with van der Waals surface area (Å²) in [4.78, 5) is 20.7. The molecule has 0 spiro atoms. The molecule has 1 aliphatic heterocycles. The van der Waals surface area contributed by atoms with Gasteiger partial charge in [-0.1, -0.05) is 16.8 Å². The molecule has 2 aromatic heterocycles. The van der Waals surface area contributed by atoms with Crippen molar-refractivity contribution in [3.05, 3.63) is 52.5 Å². The molecule has 0 unspecified atom stereocenters. The number of aryl methyl sites for hydroxylation is 3. The molecule has 0 aliphatic carbocycles. The molecule has 3 heterocycles. The van der Waals surface area contributed by atoms with E-state index in [0.717, 1.165) is 71.9 Å². The minimum atomic E-state index is -0.941. The van der Waals surface area contributed by atoms with Crippen LogP contribution >= 0.6 is 0 Å². The first-order chi connectivity index (χ1) is 13.4. The average Bonchev–Trinajstić information content (AvgIpc) is 2.99. The maximum atomic E-state index is 11.8. The Kier molecular flexibility index (Phi) is 4.77. The molecule has 1 N–H and O–H groups in total. The number of aromatic carboxylic acids is 1. The number of carbonyl (C=O) groups is 1. The summed E-state index contributed by atoms with van der Waals surface area (Å²) in [5, 5.41) is 14.7. The summed E-state index contributed by atoms with van der Waals surface area (Å²) in [5.41, 5.74) is 5.03. The fourth-order valence-electron chi connectivity index (χ4n) is 3.87. The number of nitrogens with zero attached hydrogens (tertiary/aromatic N) is 4. The average molecular weight is 380 g/mol. The van der Waals surface area contributed by atoms with Crippen LogP contribution in [-0.4, -0.2) is 52.3 Å². The fraction of sp³-hybridized carbons (Fsp3) is 0.381. The predicted molar refractivity (Wildman–Crippen MR) is 107 cm³/mol. The van der Waals surface area contributed by atoms with E-state index in [1.54, 1.807) is 0 Å². The first-order valence-corrected chi connectivity index (χ1v) is 9.45. The van der Waals surface area contributed by atoms with E-state index in [9.17, 15) is 9.90 Å². The summed E-state index contributed by atoms with van der Waals surface area (Å²) in [6.45, 7) is 9.93. The maximum Gasteiger partial charge on any atom is 0.339 e. The van der Waals surface area contributed by atoms with Crippen molar-refractivity contribution in [1.29, 1.82) is 0 Å². The van der Waals surface area contributed by atoms with Crippen molar-refractivity contribution in [1.82, 2.24) is 15.0 Å². The Bertz CT molecular complexity index is 1020. The van der Waals surface area contributed by atoms with Gasteiger partial charge in [0.1, 0.15) is 11.3 Å². The van der Waals surface area contributed by atoms with Crippen LogP contribution in [0.15, 0.2) is 28.9 Å². The summed E-state index contributed by atoms with van der Waals surface area (Å²) in [6.07, 6.45) is 1.48. The molecular weight excluding hydrogens is 356 g/mol. The van der Waals surface area contributed by atoms with Crippen molar-refractivity contribution < 1.29 is 14.4 Å². The van der Waals surface area contributed by atoms with Crippen LogP contribution in [0, 0.1) is 20.8 Å². The van der Waals surface area contributed by atoms with Gasteiger partial charge in [0.15, 0.2) is 0 Å². The summed E-state index contributed by atoms with van der Waals surface area (Å²) >= 11 is 0. The zero-order chi connectivity index (χ0) is 19.8. The SMILES string of the molecule is Cc1ccc2ncc(C(=O)O)c(N3CCN(Cc4c(C)noc4C)CC3)c2c1. The molecule has 7 heteroatoms. The zero-order valence-electron chi connectivity index (χ0n) is 16.4. The molecule has 28 heavy (non-hydrogen) atoms. The Labute approximate surface area is 163 Å². The van der Waals surface area contributed by atoms with E-state index in [2.05, 4.69) is 19.9 Å². The van der Waals surface area contributed by atoms with Gasteiger partial charge in [-0.3, -0.25) is 9.88 Å². The van der Waals surface area contributed by atoms with E-state index < -0.39 is 5.97 Å². The van der Waals surface area contributed by atoms with E-state index >= 15 is 0 Å². The van der Waals surface area contributed by atoms with Gasteiger partial charge in [0, 0.05) is 49.9 Å². The number of fused-ring (bicyclic) bond motifs is 1. The highest BCUT2D eigenvalue weighted by Crippen LogP contribution is 2.31. The van der Waals surface area contributed by atoms with Crippen LogP contribution in [0.1, 0.15) is 32.9 Å². The molecule has 0 atom stereocenters. The van der Waals surface area contributed by atoms with E-state index in [1.165, 1.54) is 6.20 Å². The molecule has 0 amide bonds. The Morgan fingerprint density at radius 2 is 1.93 bits per heavy atom. The van der Waals surface area contributed by atoms with Gasteiger partial charge in [-0.25, -0.2) is 4.79 Å². The highest BCUT2D eigenvalue weighted by atomic mass is 16.5. The largest absolute Gasteiger partial charge is 0.478 e. The summed E-state index contributed by atoms with van der Waals surface area (Å²) in [7, 11) is 0. The number of carboxylic acid groups (broad SMARTS) is 1. The number of hydrogen-bond donors (Lipinski definition) is 1. The summed E-state index contributed by atoms with van der Waals surface area (Å²) in [6, 6.07) is 5.98. The molecular formula is C21H24N4O3. The quantitative estimate of drug-likeness (QED) is 0.744. The number of benzene rings is 1. The molecule has 1 fully saturated rings. The lowest BCUT2D eigenvalue weighted by Crippen LogP contribution is -2.46. The minimum absolute atomic E-state index is 0.261. The van der Waals surface area contributed by atoms with Gasteiger partial charge >= 0.3 is 5.97 Å². The topological polar surface area (TPSA) is 82.7 Å². The van der Waals surface area contributed by atoms with Crippen molar-refractivity contribution in [2.75, 3.05) is 31.1 Å². The zero-order valence-corrected chi connectivity index (χ0v) is 16.4. The van der Waals surface area contributed by atoms with Crippen LogP contribution in [0.2, 0.25) is 0 Å². The second kappa shape index (κ2) is 7.24. The van der Waals surface area contributed by atoms with Gasteiger partial charge in [0.2, 0.25) is 0 Å². The first kappa shape index (κ1) is 18.4. The van der Waals surface area contributed by atoms with Crippen molar-refractivity contribution in [2.24, 2.45) is 0 Å². The molecule has 3 aromatic rings. The van der Waals surface area contributed by atoms with Crippen LogP contribution in [-0.2, 0) is 6.54 Å². The lowest BCUT2D eigenvalue weighted by atomic mass is 10.0. The smallest absolute Gasteiger partial charge is 0.339 e. The first-order valence-electron chi connectivity index (χ1n) is 9.45. The Hall–Kier alpha value is -2.93. The van der Waals surface area contributed by atoms with E-state index in [1.807, 2.05) is 39.0 Å². The lowest BCUT2D eigenvalue weighted by molar-refractivity contribution is 0.0697. The monoisotopic (exact) mass is 380 g/mol. The normalized spacial score (nSPS) is 15.3. The summed E-state index contributed by atoms with van der Waals surface area (Å²) < 4.78 is 5.27. The van der Waals surface area contributed by atoms with E-state index in [0.29, 0.717) is 0 Å². The Morgan fingerprint density at radius 3 is 2.57 bits per heavy atom. The standard InChI is InChI=1S/C21H24N4O3/c1-13-4-5-19-16(10-13)20(17(11-22-19)21(26)27)25-8-6-24(7-9-25)12-18-14(2)23-28-15(18)3/h4-5,10-11H,6-9,12H2,1-3H3,(H,26,27). The van der Waals surface area contributed by atoms with Crippen LogP contribution in [0.25, 0.3) is 10.9 Å². The van der Waals surface area contributed by atoms with Gasteiger partial charge < -0.3 is 14.5 Å². The van der Waals surface area contributed by atoms with Crippen LogP contribution < -0.4 is 4.90 Å². The second-order valence-electron chi connectivity index (χ2n) is 7.41. The number of rotatable bonds is 4. The highest BCUT2D eigenvalue weighted by Gasteiger charge is 2.25. The van der Waals surface area contributed by atoms with Gasteiger partial charge in [0.25, 0.3) is 0 Å². The minimum Gasteiger partial charge on any atom is -0.478 e. The second-order valence-corrected chi connectivity index (χ2v) is 7.41. The third-order valence-corrected chi connectivity index (χ3v) is 5.48. The number of piperazine rings is 1. The maximum absolute atomic E-state index is 11.8. The lowest BCUT2D eigenvalue weighted by Gasteiger charge is -2.37. The van der Waals surface area contributed by atoms with Crippen LogP contribution in [0.5, 0.6) is 0 Å². The molecule has 146 valence electrons. The van der Waals surface area contributed by atoms with Crippen LogP contribution in [0.3, 0.4) is 0 Å². The molecule has 7 nitrogen and oxygen atoms in total. The van der Waals surface area contributed by atoms with Crippen molar-refractivity contribution in [3.8, 4) is 0 Å². The number of hydrogen-bond acceptors (Lipinski definition) is 6. The Balaban J connectivity index is 1.60. The number of pyridine rings is 1. The molecule has 1 aromatic carbocycles.